The van der Waals surface area contributed by atoms with Gasteiger partial charge in [0.05, 0.1) is 18.0 Å². The van der Waals surface area contributed by atoms with E-state index in [1.54, 1.807) is 7.11 Å². The monoisotopic (exact) mass is 224 g/mol. The molecule has 2 atom stereocenters. The molecule has 2 rings (SSSR count). The number of hydrogen-bond donors (Lipinski definition) is 3. The molecular formula is C10H16N4O2. The summed E-state index contributed by atoms with van der Waals surface area (Å²) in [7, 11) is 1.70. The molecule has 1 aliphatic carbocycles. The second kappa shape index (κ2) is 4.52. The standard InChI is InChI=1S/C10H16N4O2/c1-16-7-3-2-6(4-7)13-10(15)9-8(11)5-12-14-9/h5-7H,2-4,11H2,1H3,(H,12,14)(H,13,15). The average Bonchev–Trinajstić information content (AvgIpc) is 2.86. The fraction of sp³-hybridized carbons (Fsp3) is 0.600. The smallest absolute Gasteiger partial charge is 0.271 e. The van der Waals surface area contributed by atoms with E-state index in [-0.39, 0.29) is 18.1 Å². The summed E-state index contributed by atoms with van der Waals surface area (Å²) in [5, 5.41) is 9.22. The van der Waals surface area contributed by atoms with Gasteiger partial charge in [-0.2, -0.15) is 5.10 Å². The predicted molar refractivity (Wildman–Crippen MR) is 58.9 cm³/mol. The fourth-order valence-corrected chi connectivity index (χ4v) is 2.02. The van der Waals surface area contributed by atoms with Crippen LogP contribution in [0, 0.1) is 0 Å². The van der Waals surface area contributed by atoms with Crippen LogP contribution in [0.2, 0.25) is 0 Å². The third kappa shape index (κ3) is 2.16. The van der Waals surface area contributed by atoms with Crippen molar-refractivity contribution in [1.82, 2.24) is 15.5 Å². The van der Waals surface area contributed by atoms with Crippen molar-refractivity contribution in [2.45, 2.75) is 31.4 Å². The second-order valence-corrected chi connectivity index (χ2v) is 4.04. The van der Waals surface area contributed by atoms with Crippen molar-refractivity contribution >= 4 is 11.6 Å². The van der Waals surface area contributed by atoms with Crippen LogP contribution in [0.25, 0.3) is 0 Å². The number of carbonyl (C=O) groups excluding carboxylic acids is 1. The maximum absolute atomic E-state index is 11.8. The lowest BCUT2D eigenvalue weighted by atomic mass is 10.2. The van der Waals surface area contributed by atoms with Crippen LogP contribution in [0.4, 0.5) is 5.69 Å². The number of carbonyl (C=O) groups is 1. The van der Waals surface area contributed by atoms with Crippen LogP contribution >= 0.6 is 0 Å². The Morgan fingerprint density at radius 1 is 1.69 bits per heavy atom. The molecular weight excluding hydrogens is 208 g/mol. The number of ether oxygens (including phenoxy) is 1. The highest BCUT2D eigenvalue weighted by Gasteiger charge is 2.26. The molecule has 0 radical (unpaired) electrons. The zero-order chi connectivity index (χ0) is 11.5. The summed E-state index contributed by atoms with van der Waals surface area (Å²) in [6.45, 7) is 0. The quantitative estimate of drug-likeness (QED) is 0.688. The van der Waals surface area contributed by atoms with E-state index in [2.05, 4.69) is 15.5 Å². The average molecular weight is 224 g/mol. The van der Waals surface area contributed by atoms with Crippen molar-refractivity contribution < 1.29 is 9.53 Å². The number of aromatic amines is 1. The molecule has 1 aromatic rings. The van der Waals surface area contributed by atoms with Gasteiger partial charge in [0.1, 0.15) is 5.69 Å². The van der Waals surface area contributed by atoms with Crippen molar-refractivity contribution in [2.75, 3.05) is 12.8 Å². The molecule has 0 saturated heterocycles. The Morgan fingerprint density at radius 2 is 2.50 bits per heavy atom. The van der Waals surface area contributed by atoms with Gasteiger partial charge in [-0.1, -0.05) is 0 Å². The molecule has 2 unspecified atom stereocenters. The van der Waals surface area contributed by atoms with Crippen LogP contribution < -0.4 is 11.1 Å². The van der Waals surface area contributed by atoms with E-state index in [1.165, 1.54) is 6.20 Å². The highest BCUT2D eigenvalue weighted by molar-refractivity contribution is 5.97. The van der Waals surface area contributed by atoms with Crippen LogP contribution in [0.3, 0.4) is 0 Å². The van der Waals surface area contributed by atoms with E-state index in [1.807, 2.05) is 0 Å². The molecule has 1 heterocycles. The Labute approximate surface area is 93.5 Å². The molecule has 1 amide bonds. The first kappa shape index (κ1) is 10.9. The Hall–Kier alpha value is -1.56. The molecule has 0 bridgehead atoms. The van der Waals surface area contributed by atoms with Gasteiger partial charge >= 0.3 is 0 Å². The van der Waals surface area contributed by atoms with Crippen molar-refractivity contribution in [3.8, 4) is 0 Å². The maximum Gasteiger partial charge on any atom is 0.271 e. The molecule has 1 fully saturated rings. The minimum Gasteiger partial charge on any atom is -0.396 e. The summed E-state index contributed by atoms with van der Waals surface area (Å²) >= 11 is 0. The zero-order valence-electron chi connectivity index (χ0n) is 9.19. The third-order valence-electron chi connectivity index (χ3n) is 2.95. The van der Waals surface area contributed by atoms with E-state index in [0.29, 0.717) is 11.4 Å². The van der Waals surface area contributed by atoms with E-state index >= 15 is 0 Å². The summed E-state index contributed by atoms with van der Waals surface area (Å²) in [5.74, 6) is -0.197. The summed E-state index contributed by atoms with van der Waals surface area (Å²) in [6, 6.07) is 0.167. The minimum atomic E-state index is -0.197. The summed E-state index contributed by atoms with van der Waals surface area (Å²) < 4.78 is 5.24. The molecule has 1 aliphatic rings. The molecule has 1 aromatic heterocycles. The fourth-order valence-electron chi connectivity index (χ4n) is 2.02. The summed E-state index contributed by atoms with van der Waals surface area (Å²) in [6.07, 6.45) is 4.47. The first-order valence-corrected chi connectivity index (χ1v) is 5.33. The molecule has 6 heteroatoms. The lowest BCUT2D eigenvalue weighted by Crippen LogP contribution is -2.34. The number of nitrogens with zero attached hydrogens (tertiary/aromatic N) is 1. The Bertz CT molecular complexity index is 377. The third-order valence-corrected chi connectivity index (χ3v) is 2.95. The molecule has 0 spiro atoms. The number of nitrogen functional groups attached to an aromatic ring is 1. The van der Waals surface area contributed by atoms with Gasteiger partial charge in [0.2, 0.25) is 0 Å². The van der Waals surface area contributed by atoms with Crippen LogP contribution in [-0.4, -0.2) is 35.4 Å². The van der Waals surface area contributed by atoms with Crippen LogP contribution in [-0.2, 0) is 4.74 Å². The van der Waals surface area contributed by atoms with Crippen molar-refractivity contribution in [1.29, 1.82) is 0 Å². The van der Waals surface area contributed by atoms with Crippen molar-refractivity contribution in [3.63, 3.8) is 0 Å². The second-order valence-electron chi connectivity index (χ2n) is 4.04. The van der Waals surface area contributed by atoms with Crippen LogP contribution in [0.5, 0.6) is 0 Å². The lowest BCUT2D eigenvalue weighted by Gasteiger charge is -2.12. The van der Waals surface area contributed by atoms with Gasteiger partial charge < -0.3 is 15.8 Å². The summed E-state index contributed by atoms with van der Waals surface area (Å²) in [4.78, 5) is 11.8. The van der Waals surface area contributed by atoms with Gasteiger partial charge in [-0.15, -0.1) is 0 Å². The Morgan fingerprint density at radius 3 is 3.06 bits per heavy atom. The van der Waals surface area contributed by atoms with Gasteiger partial charge in [0, 0.05) is 13.2 Å². The largest absolute Gasteiger partial charge is 0.396 e. The molecule has 16 heavy (non-hydrogen) atoms. The van der Waals surface area contributed by atoms with Crippen LogP contribution in [0.1, 0.15) is 29.8 Å². The SMILES string of the molecule is COC1CCC(NC(=O)c2[nH]ncc2N)C1. The van der Waals surface area contributed by atoms with E-state index < -0.39 is 0 Å². The predicted octanol–water partition coefficient (Wildman–Crippen LogP) is 0.289. The lowest BCUT2D eigenvalue weighted by molar-refractivity contribution is 0.0911. The normalized spacial score (nSPS) is 24.6. The number of nitrogens with one attached hydrogen (secondary N) is 2. The number of methoxy groups -OCH3 is 1. The van der Waals surface area contributed by atoms with Crippen LogP contribution in [0.15, 0.2) is 6.20 Å². The number of anilines is 1. The maximum atomic E-state index is 11.8. The Balaban J connectivity index is 1.91. The van der Waals surface area contributed by atoms with Crippen molar-refractivity contribution in [3.05, 3.63) is 11.9 Å². The molecule has 0 aromatic carbocycles. The Kier molecular flexibility index (Phi) is 3.09. The first-order chi connectivity index (χ1) is 7.70. The van der Waals surface area contributed by atoms with E-state index in [0.717, 1.165) is 19.3 Å². The summed E-state index contributed by atoms with van der Waals surface area (Å²) in [5.41, 5.74) is 6.30. The highest BCUT2D eigenvalue weighted by atomic mass is 16.5. The molecule has 6 nitrogen and oxygen atoms in total. The van der Waals surface area contributed by atoms with Gasteiger partial charge in [-0.05, 0) is 19.3 Å². The number of amides is 1. The van der Waals surface area contributed by atoms with E-state index in [4.69, 9.17) is 10.5 Å². The van der Waals surface area contributed by atoms with Gasteiger partial charge in [-0.3, -0.25) is 9.89 Å². The molecule has 88 valence electrons. The minimum absolute atomic E-state index is 0.167. The number of nitrogens with two attached hydrogens (primary N) is 1. The number of hydrogen-bond acceptors (Lipinski definition) is 4. The molecule has 4 N–H and O–H groups in total. The zero-order valence-corrected chi connectivity index (χ0v) is 9.19. The van der Waals surface area contributed by atoms with Crippen molar-refractivity contribution in [2.24, 2.45) is 0 Å². The molecule has 0 aliphatic heterocycles. The topological polar surface area (TPSA) is 93.0 Å². The van der Waals surface area contributed by atoms with Gasteiger partial charge in [0.25, 0.3) is 5.91 Å². The van der Waals surface area contributed by atoms with E-state index in [9.17, 15) is 4.79 Å². The van der Waals surface area contributed by atoms with Gasteiger partial charge in [-0.25, -0.2) is 0 Å². The number of H-pyrrole nitrogens is 1. The first-order valence-electron chi connectivity index (χ1n) is 5.33. The molecule has 1 saturated carbocycles. The van der Waals surface area contributed by atoms with Gasteiger partial charge in [0.15, 0.2) is 0 Å². The highest BCUT2D eigenvalue weighted by Crippen LogP contribution is 2.21. The number of aromatic nitrogens is 2. The number of rotatable bonds is 3.